The Balaban J connectivity index is 1.67. The summed E-state index contributed by atoms with van der Waals surface area (Å²) in [4.78, 5) is 47.5. The number of rotatable bonds is 14. The minimum atomic E-state index is -0.909. The van der Waals surface area contributed by atoms with Gasteiger partial charge in [-0.2, -0.15) is 0 Å². The summed E-state index contributed by atoms with van der Waals surface area (Å²) in [5, 5.41) is 2.57. The molecule has 4 rings (SSSR count). The van der Waals surface area contributed by atoms with Gasteiger partial charge in [-0.05, 0) is 73.3 Å². The standard InChI is InChI=1S/C36H47ClN4O3/c1-4-6-20-39(21-7-5-2)22-19-33(42)41-26(3)18-23-40(36(44)34(41)29-15-11-16-30(37)24-29)32(35(38)43)25-28-14-10-13-27-12-8-9-17-31(27)28/h8-17,24,26,32,34H,4-7,18-23,25H2,1-3H3,(H2,38,43)/t26?,32-,34?/m1/s1. The second-order valence-corrected chi connectivity index (χ2v) is 12.4. The molecule has 236 valence electrons. The molecule has 2 unspecified atom stereocenters. The van der Waals surface area contributed by atoms with E-state index in [1.807, 2.05) is 55.5 Å². The Labute approximate surface area is 267 Å². The van der Waals surface area contributed by atoms with Gasteiger partial charge < -0.3 is 20.4 Å². The minimum Gasteiger partial charge on any atom is -0.368 e. The van der Waals surface area contributed by atoms with Gasteiger partial charge in [0.1, 0.15) is 12.1 Å². The summed E-state index contributed by atoms with van der Waals surface area (Å²) in [5.74, 6) is -0.936. The van der Waals surface area contributed by atoms with Crippen molar-refractivity contribution in [2.24, 2.45) is 5.73 Å². The second-order valence-electron chi connectivity index (χ2n) is 12.0. The Kier molecular flexibility index (Phi) is 12.2. The first-order valence-electron chi connectivity index (χ1n) is 16.1. The zero-order valence-corrected chi connectivity index (χ0v) is 27.1. The fourth-order valence-corrected chi connectivity index (χ4v) is 6.51. The van der Waals surface area contributed by atoms with Crippen molar-refractivity contribution in [3.8, 4) is 0 Å². The van der Waals surface area contributed by atoms with Crippen molar-refractivity contribution >= 4 is 40.1 Å². The highest BCUT2D eigenvalue weighted by Crippen LogP contribution is 2.33. The Hall–Kier alpha value is -3.42. The van der Waals surface area contributed by atoms with Crippen LogP contribution in [0.25, 0.3) is 10.8 Å². The molecule has 0 saturated carbocycles. The summed E-state index contributed by atoms with van der Waals surface area (Å²) in [6, 6.07) is 19.1. The second kappa shape index (κ2) is 16.1. The predicted octanol–water partition coefficient (Wildman–Crippen LogP) is 6.37. The van der Waals surface area contributed by atoms with Gasteiger partial charge in [0.25, 0.3) is 5.91 Å². The van der Waals surface area contributed by atoms with Gasteiger partial charge in [0.2, 0.25) is 11.8 Å². The summed E-state index contributed by atoms with van der Waals surface area (Å²) in [6.45, 7) is 9.22. The topological polar surface area (TPSA) is 86.9 Å². The molecule has 8 heteroatoms. The third kappa shape index (κ3) is 8.19. The van der Waals surface area contributed by atoms with E-state index in [2.05, 4.69) is 18.7 Å². The molecule has 3 atom stereocenters. The van der Waals surface area contributed by atoms with Crippen LogP contribution in [0.1, 0.15) is 76.5 Å². The molecule has 1 fully saturated rings. The van der Waals surface area contributed by atoms with E-state index in [0.717, 1.165) is 55.1 Å². The van der Waals surface area contributed by atoms with Crippen molar-refractivity contribution in [2.75, 3.05) is 26.2 Å². The van der Waals surface area contributed by atoms with Crippen molar-refractivity contribution < 1.29 is 14.4 Å². The molecule has 1 saturated heterocycles. The zero-order chi connectivity index (χ0) is 31.6. The molecule has 7 nitrogen and oxygen atoms in total. The van der Waals surface area contributed by atoms with E-state index in [1.165, 1.54) is 0 Å². The quantitative estimate of drug-likeness (QED) is 0.227. The molecule has 0 spiro atoms. The summed E-state index contributed by atoms with van der Waals surface area (Å²) in [7, 11) is 0. The Morgan fingerprint density at radius 1 is 0.977 bits per heavy atom. The molecule has 0 bridgehead atoms. The van der Waals surface area contributed by atoms with Crippen molar-refractivity contribution in [1.82, 2.24) is 14.7 Å². The number of fused-ring (bicyclic) bond motifs is 1. The maximum Gasteiger partial charge on any atom is 0.250 e. The number of halogens is 1. The molecular weight excluding hydrogens is 572 g/mol. The summed E-state index contributed by atoms with van der Waals surface area (Å²) >= 11 is 6.42. The number of hydrogen-bond donors (Lipinski definition) is 1. The first-order chi connectivity index (χ1) is 21.2. The summed E-state index contributed by atoms with van der Waals surface area (Å²) in [5.41, 5.74) is 7.61. The fourth-order valence-electron chi connectivity index (χ4n) is 6.31. The average Bonchev–Trinajstić information content (AvgIpc) is 3.14. The zero-order valence-electron chi connectivity index (χ0n) is 26.4. The van der Waals surface area contributed by atoms with Gasteiger partial charge in [-0.3, -0.25) is 14.4 Å². The molecule has 44 heavy (non-hydrogen) atoms. The van der Waals surface area contributed by atoms with Crippen LogP contribution in [-0.4, -0.2) is 70.7 Å². The lowest BCUT2D eigenvalue weighted by atomic mass is 9.96. The third-order valence-corrected chi connectivity index (χ3v) is 9.04. The van der Waals surface area contributed by atoms with Crippen LogP contribution >= 0.6 is 11.6 Å². The van der Waals surface area contributed by atoms with E-state index < -0.39 is 18.0 Å². The highest BCUT2D eigenvalue weighted by molar-refractivity contribution is 6.30. The Morgan fingerprint density at radius 3 is 2.34 bits per heavy atom. The molecule has 0 aromatic heterocycles. The normalized spacial score (nSPS) is 18.1. The predicted molar refractivity (Wildman–Crippen MR) is 178 cm³/mol. The highest BCUT2D eigenvalue weighted by Gasteiger charge is 2.43. The van der Waals surface area contributed by atoms with Crippen LogP contribution in [0.5, 0.6) is 0 Å². The Morgan fingerprint density at radius 2 is 1.66 bits per heavy atom. The molecule has 1 aliphatic heterocycles. The van der Waals surface area contributed by atoms with Crippen molar-refractivity contribution in [3.05, 3.63) is 82.9 Å². The monoisotopic (exact) mass is 618 g/mol. The van der Waals surface area contributed by atoms with Gasteiger partial charge in [0, 0.05) is 37.0 Å². The van der Waals surface area contributed by atoms with Gasteiger partial charge in [-0.25, -0.2) is 0 Å². The van der Waals surface area contributed by atoms with Crippen LogP contribution in [-0.2, 0) is 20.8 Å². The fraction of sp³-hybridized carbons (Fsp3) is 0.472. The van der Waals surface area contributed by atoms with Crippen LogP contribution in [0.4, 0.5) is 0 Å². The van der Waals surface area contributed by atoms with Gasteiger partial charge >= 0.3 is 0 Å². The lowest BCUT2D eigenvalue weighted by Gasteiger charge is -2.36. The SMILES string of the molecule is CCCCN(CCCC)CCC(=O)N1C(C)CCN([C@H](Cc2cccc3ccccc23)C(N)=O)C(=O)C1c1cccc(Cl)c1. The number of carbonyl (C=O) groups is 3. The maximum atomic E-state index is 14.6. The van der Waals surface area contributed by atoms with E-state index in [-0.39, 0.29) is 24.3 Å². The lowest BCUT2D eigenvalue weighted by molar-refractivity contribution is -0.148. The van der Waals surface area contributed by atoms with E-state index in [4.69, 9.17) is 17.3 Å². The van der Waals surface area contributed by atoms with Crippen LogP contribution < -0.4 is 5.73 Å². The van der Waals surface area contributed by atoms with Crippen molar-refractivity contribution in [1.29, 1.82) is 0 Å². The number of benzene rings is 3. The van der Waals surface area contributed by atoms with Crippen LogP contribution in [0.15, 0.2) is 66.7 Å². The highest BCUT2D eigenvalue weighted by atomic mass is 35.5. The largest absolute Gasteiger partial charge is 0.368 e. The number of nitrogens with zero attached hydrogens (tertiary/aromatic N) is 3. The number of unbranched alkanes of at least 4 members (excludes halogenated alkanes) is 2. The van der Waals surface area contributed by atoms with Gasteiger partial charge in [-0.1, -0.05) is 92.9 Å². The third-order valence-electron chi connectivity index (χ3n) is 8.81. The maximum absolute atomic E-state index is 14.6. The molecule has 1 heterocycles. The molecule has 2 N–H and O–H groups in total. The lowest BCUT2D eigenvalue weighted by Crippen LogP contribution is -2.52. The number of primary amides is 1. The Bertz CT molecular complexity index is 1420. The number of carbonyl (C=O) groups excluding carboxylic acids is 3. The molecule has 3 aromatic carbocycles. The van der Waals surface area contributed by atoms with Crippen LogP contribution in [0.3, 0.4) is 0 Å². The van der Waals surface area contributed by atoms with Gasteiger partial charge in [0.15, 0.2) is 0 Å². The van der Waals surface area contributed by atoms with Crippen molar-refractivity contribution in [2.45, 2.75) is 83.8 Å². The average molecular weight is 619 g/mol. The van der Waals surface area contributed by atoms with E-state index >= 15 is 0 Å². The first kappa shape index (κ1) is 33.5. The number of hydrogen-bond acceptors (Lipinski definition) is 4. The van der Waals surface area contributed by atoms with Crippen LogP contribution in [0, 0.1) is 0 Å². The van der Waals surface area contributed by atoms with E-state index in [9.17, 15) is 14.4 Å². The van der Waals surface area contributed by atoms with E-state index in [1.54, 1.807) is 28.0 Å². The smallest absolute Gasteiger partial charge is 0.250 e. The van der Waals surface area contributed by atoms with Gasteiger partial charge in [0.05, 0.1) is 0 Å². The number of nitrogens with two attached hydrogens (primary N) is 1. The molecule has 1 aliphatic rings. The minimum absolute atomic E-state index is 0.0691. The number of amides is 3. The first-order valence-corrected chi connectivity index (χ1v) is 16.5. The summed E-state index contributed by atoms with van der Waals surface area (Å²) in [6.07, 6.45) is 5.50. The van der Waals surface area contributed by atoms with Gasteiger partial charge in [-0.15, -0.1) is 0 Å². The molecule has 3 aromatic rings. The van der Waals surface area contributed by atoms with Crippen molar-refractivity contribution in [3.63, 3.8) is 0 Å². The molecule has 0 aliphatic carbocycles. The van der Waals surface area contributed by atoms with E-state index in [0.29, 0.717) is 36.5 Å². The summed E-state index contributed by atoms with van der Waals surface area (Å²) < 4.78 is 0. The van der Waals surface area contributed by atoms with Crippen LogP contribution in [0.2, 0.25) is 5.02 Å². The molecular formula is C36H47ClN4O3. The molecule has 3 amide bonds. The molecule has 0 radical (unpaired) electrons.